The SMILES string of the molecule is CN(C)CCCNC(=O)c1cncc(C(=O)N2CCN(C)CC2)c1. The Labute approximate surface area is 143 Å². The minimum atomic E-state index is -0.186. The van der Waals surface area contributed by atoms with Gasteiger partial charge in [-0.05, 0) is 40.2 Å². The molecule has 0 saturated carbocycles. The van der Waals surface area contributed by atoms with Gasteiger partial charge in [-0.2, -0.15) is 0 Å². The summed E-state index contributed by atoms with van der Waals surface area (Å²) >= 11 is 0. The van der Waals surface area contributed by atoms with E-state index in [9.17, 15) is 9.59 Å². The van der Waals surface area contributed by atoms with E-state index in [-0.39, 0.29) is 11.8 Å². The van der Waals surface area contributed by atoms with Gasteiger partial charge in [-0.3, -0.25) is 14.6 Å². The van der Waals surface area contributed by atoms with Gasteiger partial charge in [0.1, 0.15) is 0 Å². The molecule has 1 aliphatic rings. The second kappa shape index (κ2) is 8.75. The molecule has 0 aromatic carbocycles. The first-order valence-electron chi connectivity index (χ1n) is 8.33. The Morgan fingerprint density at radius 2 is 1.83 bits per heavy atom. The van der Waals surface area contributed by atoms with E-state index in [4.69, 9.17) is 0 Å². The summed E-state index contributed by atoms with van der Waals surface area (Å²) in [7, 11) is 6.04. The number of nitrogens with zero attached hydrogens (tertiary/aromatic N) is 4. The lowest BCUT2D eigenvalue weighted by Crippen LogP contribution is -2.47. The molecule has 1 N–H and O–H groups in total. The predicted molar refractivity (Wildman–Crippen MR) is 93.1 cm³/mol. The van der Waals surface area contributed by atoms with Gasteiger partial charge >= 0.3 is 0 Å². The molecule has 1 aliphatic heterocycles. The van der Waals surface area contributed by atoms with Crippen molar-refractivity contribution in [3.05, 3.63) is 29.6 Å². The summed E-state index contributed by atoms with van der Waals surface area (Å²) in [5, 5.41) is 2.87. The van der Waals surface area contributed by atoms with Crippen molar-refractivity contribution in [1.29, 1.82) is 0 Å². The smallest absolute Gasteiger partial charge is 0.255 e. The summed E-state index contributed by atoms with van der Waals surface area (Å²) in [6.07, 6.45) is 3.91. The highest BCUT2D eigenvalue weighted by Gasteiger charge is 2.21. The van der Waals surface area contributed by atoms with Crippen LogP contribution in [0.3, 0.4) is 0 Å². The molecule has 1 saturated heterocycles. The Hall–Kier alpha value is -1.99. The number of amides is 2. The summed E-state index contributed by atoms with van der Waals surface area (Å²) < 4.78 is 0. The van der Waals surface area contributed by atoms with Crippen LogP contribution in [-0.2, 0) is 0 Å². The molecule has 7 heteroatoms. The second-order valence-corrected chi connectivity index (χ2v) is 6.47. The second-order valence-electron chi connectivity index (χ2n) is 6.47. The molecule has 0 radical (unpaired) electrons. The monoisotopic (exact) mass is 333 g/mol. The van der Waals surface area contributed by atoms with E-state index in [2.05, 4.69) is 20.1 Å². The van der Waals surface area contributed by atoms with Crippen molar-refractivity contribution in [3.8, 4) is 0 Å². The fourth-order valence-corrected chi connectivity index (χ4v) is 2.57. The van der Waals surface area contributed by atoms with Crippen molar-refractivity contribution in [2.45, 2.75) is 6.42 Å². The minimum Gasteiger partial charge on any atom is -0.352 e. The van der Waals surface area contributed by atoms with Gasteiger partial charge < -0.3 is 20.0 Å². The lowest BCUT2D eigenvalue weighted by Gasteiger charge is -2.32. The van der Waals surface area contributed by atoms with Crippen LogP contribution in [0.25, 0.3) is 0 Å². The number of aromatic nitrogens is 1. The maximum atomic E-state index is 12.5. The fourth-order valence-electron chi connectivity index (χ4n) is 2.57. The fraction of sp³-hybridized carbons (Fsp3) is 0.588. The molecule has 2 heterocycles. The first-order valence-corrected chi connectivity index (χ1v) is 8.33. The Morgan fingerprint density at radius 3 is 2.50 bits per heavy atom. The normalized spacial score (nSPS) is 15.6. The third-order valence-electron chi connectivity index (χ3n) is 4.11. The molecule has 0 aliphatic carbocycles. The number of pyridine rings is 1. The Balaban J connectivity index is 1.93. The van der Waals surface area contributed by atoms with Gasteiger partial charge in [0, 0.05) is 45.1 Å². The number of likely N-dealkylation sites (N-methyl/N-ethyl adjacent to an activating group) is 1. The summed E-state index contributed by atoms with van der Waals surface area (Å²) in [5.74, 6) is -0.243. The number of nitrogens with one attached hydrogen (secondary N) is 1. The molecule has 0 bridgehead atoms. The van der Waals surface area contributed by atoms with Crippen molar-refractivity contribution < 1.29 is 9.59 Å². The van der Waals surface area contributed by atoms with Gasteiger partial charge in [-0.25, -0.2) is 0 Å². The first-order chi connectivity index (χ1) is 11.5. The highest BCUT2D eigenvalue weighted by atomic mass is 16.2. The molecule has 2 amide bonds. The lowest BCUT2D eigenvalue weighted by molar-refractivity contribution is 0.0663. The van der Waals surface area contributed by atoms with Gasteiger partial charge in [-0.15, -0.1) is 0 Å². The maximum absolute atomic E-state index is 12.5. The van der Waals surface area contributed by atoms with Crippen LogP contribution in [0.1, 0.15) is 27.1 Å². The molecule has 2 rings (SSSR count). The zero-order valence-corrected chi connectivity index (χ0v) is 14.8. The Bertz CT molecular complexity index is 568. The number of carbonyl (C=O) groups is 2. The van der Waals surface area contributed by atoms with Crippen molar-refractivity contribution in [2.75, 3.05) is 60.4 Å². The summed E-state index contributed by atoms with van der Waals surface area (Å²) in [4.78, 5) is 34.9. The average molecular weight is 333 g/mol. The third kappa shape index (κ3) is 5.28. The summed E-state index contributed by atoms with van der Waals surface area (Å²) in [5.41, 5.74) is 0.903. The number of hydrogen-bond acceptors (Lipinski definition) is 5. The van der Waals surface area contributed by atoms with Gasteiger partial charge in [-0.1, -0.05) is 0 Å². The lowest BCUT2D eigenvalue weighted by atomic mass is 10.1. The number of piperazine rings is 1. The molecule has 24 heavy (non-hydrogen) atoms. The van der Waals surface area contributed by atoms with Crippen LogP contribution in [0.2, 0.25) is 0 Å². The minimum absolute atomic E-state index is 0.0575. The molecule has 7 nitrogen and oxygen atoms in total. The van der Waals surface area contributed by atoms with Crippen LogP contribution in [-0.4, -0.2) is 91.9 Å². The number of hydrogen-bond donors (Lipinski definition) is 1. The van der Waals surface area contributed by atoms with Crippen molar-refractivity contribution >= 4 is 11.8 Å². The molecule has 132 valence electrons. The maximum Gasteiger partial charge on any atom is 0.255 e. The van der Waals surface area contributed by atoms with Crippen LogP contribution in [0.15, 0.2) is 18.5 Å². The van der Waals surface area contributed by atoms with Crippen LogP contribution >= 0.6 is 0 Å². The molecule has 0 spiro atoms. The van der Waals surface area contributed by atoms with E-state index in [1.54, 1.807) is 6.07 Å². The molecule has 1 aromatic heterocycles. The van der Waals surface area contributed by atoms with E-state index in [1.807, 2.05) is 26.0 Å². The van der Waals surface area contributed by atoms with Crippen LogP contribution in [0.4, 0.5) is 0 Å². The van der Waals surface area contributed by atoms with Crippen molar-refractivity contribution in [3.63, 3.8) is 0 Å². The van der Waals surface area contributed by atoms with Gasteiger partial charge in [0.25, 0.3) is 11.8 Å². The van der Waals surface area contributed by atoms with E-state index in [1.165, 1.54) is 12.4 Å². The van der Waals surface area contributed by atoms with Crippen LogP contribution in [0.5, 0.6) is 0 Å². The summed E-state index contributed by atoms with van der Waals surface area (Å²) in [6, 6.07) is 1.63. The standard InChI is InChI=1S/C17H27N5O2/c1-20(2)6-4-5-19-16(23)14-11-15(13-18-12-14)17(24)22-9-7-21(3)8-10-22/h11-13H,4-10H2,1-3H3,(H,19,23). The van der Waals surface area contributed by atoms with Crippen molar-refractivity contribution in [1.82, 2.24) is 25.0 Å². The Kier molecular flexibility index (Phi) is 6.69. The average Bonchev–Trinajstić information content (AvgIpc) is 2.58. The quantitative estimate of drug-likeness (QED) is 0.751. The van der Waals surface area contributed by atoms with E-state index in [0.717, 1.165) is 26.1 Å². The largest absolute Gasteiger partial charge is 0.352 e. The number of rotatable bonds is 6. The van der Waals surface area contributed by atoms with Crippen molar-refractivity contribution in [2.24, 2.45) is 0 Å². The van der Waals surface area contributed by atoms with Gasteiger partial charge in [0.15, 0.2) is 0 Å². The molecule has 1 aromatic rings. The highest BCUT2D eigenvalue weighted by Crippen LogP contribution is 2.09. The van der Waals surface area contributed by atoms with E-state index < -0.39 is 0 Å². The predicted octanol–water partition coefficient (Wildman–Crippen LogP) is 0.151. The third-order valence-corrected chi connectivity index (χ3v) is 4.11. The van der Waals surface area contributed by atoms with Gasteiger partial charge in [0.05, 0.1) is 11.1 Å². The van der Waals surface area contributed by atoms with Gasteiger partial charge in [0.2, 0.25) is 0 Å². The zero-order valence-electron chi connectivity index (χ0n) is 14.8. The molecular weight excluding hydrogens is 306 g/mol. The summed E-state index contributed by atoms with van der Waals surface area (Å²) in [6.45, 7) is 4.66. The molecule has 1 fully saturated rings. The zero-order chi connectivity index (χ0) is 17.5. The van der Waals surface area contributed by atoms with Crippen LogP contribution < -0.4 is 5.32 Å². The first kappa shape index (κ1) is 18.4. The van der Waals surface area contributed by atoms with E-state index >= 15 is 0 Å². The molecular formula is C17H27N5O2. The topological polar surface area (TPSA) is 68.8 Å². The van der Waals surface area contributed by atoms with E-state index in [0.29, 0.717) is 30.8 Å². The number of carbonyl (C=O) groups excluding carboxylic acids is 2. The highest BCUT2D eigenvalue weighted by molar-refractivity contribution is 5.99. The molecule has 0 unspecified atom stereocenters. The van der Waals surface area contributed by atoms with Crippen LogP contribution in [0, 0.1) is 0 Å². The Morgan fingerprint density at radius 1 is 1.17 bits per heavy atom. The molecule has 0 atom stereocenters.